The van der Waals surface area contributed by atoms with Crippen molar-refractivity contribution in [3.8, 4) is 0 Å². The van der Waals surface area contributed by atoms with Crippen molar-refractivity contribution in [2.24, 2.45) is 0 Å². The molecule has 0 aromatic heterocycles. The summed E-state index contributed by atoms with van der Waals surface area (Å²) in [6.45, 7) is 2.48. The van der Waals surface area contributed by atoms with Gasteiger partial charge in [0, 0.05) is 16.7 Å². The molecular formula is C25H27N3O3S. The molecule has 5 rings (SSSR count). The van der Waals surface area contributed by atoms with Crippen molar-refractivity contribution in [1.29, 1.82) is 0 Å². The monoisotopic (exact) mass is 449 g/mol. The zero-order valence-electron chi connectivity index (χ0n) is 18.2. The minimum Gasteiger partial charge on any atom is -0.319 e. The van der Waals surface area contributed by atoms with E-state index in [1.165, 1.54) is 0 Å². The minimum absolute atomic E-state index is 0.227. The summed E-state index contributed by atoms with van der Waals surface area (Å²) < 4.78 is 0. The Kier molecular flexibility index (Phi) is 5.45. The van der Waals surface area contributed by atoms with Crippen molar-refractivity contribution in [3.05, 3.63) is 59.7 Å². The molecule has 7 heteroatoms. The SMILES string of the molecule is C[C@@H]1CCN(C(=O)CN2C(=O)N[C@@]3(CCCCc4ccccc43)C2=O)c2ccccc2S1. The maximum Gasteiger partial charge on any atom is 0.325 e. The Hall–Kier alpha value is -2.80. The minimum atomic E-state index is -1.06. The summed E-state index contributed by atoms with van der Waals surface area (Å²) >= 11 is 1.76. The molecule has 166 valence electrons. The summed E-state index contributed by atoms with van der Waals surface area (Å²) in [4.78, 5) is 43.9. The molecular weight excluding hydrogens is 422 g/mol. The predicted octanol–water partition coefficient (Wildman–Crippen LogP) is 4.08. The predicted molar refractivity (Wildman–Crippen MR) is 125 cm³/mol. The van der Waals surface area contributed by atoms with E-state index < -0.39 is 11.6 Å². The molecule has 1 aliphatic carbocycles. The van der Waals surface area contributed by atoms with Crippen LogP contribution in [0.3, 0.4) is 0 Å². The molecule has 0 saturated carbocycles. The fraction of sp³-hybridized carbons (Fsp3) is 0.400. The first-order valence-corrected chi connectivity index (χ1v) is 12.2. The van der Waals surface area contributed by atoms with Crippen molar-refractivity contribution >= 4 is 35.3 Å². The first-order chi connectivity index (χ1) is 15.5. The number of rotatable bonds is 2. The number of hydrogen-bond donors (Lipinski definition) is 1. The summed E-state index contributed by atoms with van der Waals surface area (Å²) in [5.41, 5.74) is 1.76. The number of benzene rings is 2. The van der Waals surface area contributed by atoms with E-state index in [4.69, 9.17) is 0 Å². The number of fused-ring (bicyclic) bond motifs is 3. The second-order valence-electron chi connectivity index (χ2n) is 8.82. The van der Waals surface area contributed by atoms with Gasteiger partial charge in [-0.2, -0.15) is 0 Å². The maximum absolute atomic E-state index is 13.7. The zero-order chi connectivity index (χ0) is 22.3. The summed E-state index contributed by atoms with van der Waals surface area (Å²) in [6, 6.07) is 15.2. The number of imide groups is 1. The van der Waals surface area contributed by atoms with Crippen molar-refractivity contribution in [2.75, 3.05) is 18.0 Å². The lowest BCUT2D eigenvalue weighted by atomic mass is 9.84. The van der Waals surface area contributed by atoms with Crippen LogP contribution in [0, 0.1) is 0 Å². The van der Waals surface area contributed by atoms with Crippen molar-refractivity contribution in [1.82, 2.24) is 10.2 Å². The molecule has 0 unspecified atom stereocenters. The Morgan fingerprint density at radius 3 is 2.78 bits per heavy atom. The smallest absolute Gasteiger partial charge is 0.319 e. The van der Waals surface area contributed by atoms with Crippen LogP contribution in [0.4, 0.5) is 10.5 Å². The fourth-order valence-electron chi connectivity index (χ4n) is 5.08. The van der Waals surface area contributed by atoms with E-state index >= 15 is 0 Å². The highest BCUT2D eigenvalue weighted by Crippen LogP contribution is 2.40. The topological polar surface area (TPSA) is 69.7 Å². The van der Waals surface area contributed by atoms with Crippen LogP contribution in [-0.2, 0) is 21.5 Å². The first-order valence-electron chi connectivity index (χ1n) is 11.3. The highest BCUT2D eigenvalue weighted by molar-refractivity contribution is 8.00. The van der Waals surface area contributed by atoms with Crippen molar-refractivity contribution < 1.29 is 14.4 Å². The van der Waals surface area contributed by atoms with Gasteiger partial charge in [0.2, 0.25) is 5.91 Å². The van der Waals surface area contributed by atoms with Crippen LogP contribution < -0.4 is 10.2 Å². The molecule has 6 nitrogen and oxygen atoms in total. The van der Waals surface area contributed by atoms with Gasteiger partial charge in [-0.3, -0.25) is 14.5 Å². The average Bonchev–Trinajstić information content (AvgIpc) is 2.95. The number of urea groups is 1. The molecule has 4 amide bonds. The lowest BCUT2D eigenvalue weighted by Gasteiger charge is -2.28. The molecule has 1 spiro atoms. The number of aryl methyl sites for hydroxylation is 1. The number of para-hydroxylation sites is 1. The number of carbonyl (C=O) groups is 3. The van der Waals surface area contributed by atoms with Crippen LogP contribution in [0.15, 0.2) is 53.4 Å². The Morgan fingerprint density at radius 1 is 1.12 bits per heavy atom. The normalized spacial score (nSPS) is 25.1. The second kappa shape index (κ2) is 8.28. The Bertz CT molecular complexity index is 1090. The van der Waals surface area contributed by atoms with Gasteiger partial charge in [-0.1, -0.05) is 43.3 Å². The van der Waals surface area contributed by atoms with Gasteiger partial charge in [-0.05, 0) is 55.4 Å². The van der Waals surface area contributed by atoms with Gasteiger partial charge < -0.3 is 10.2 Å². The van der Waals surface area contributed by atoms with Gasteiger partial charge in [-0.25, -0.2) is 4.79 Å². The molecule has 32 heavy (non-hydrogen) atoms. The van der Waals surface area contributed by atoms with E-state index in [0.29, 0.717) is 18.2 Å². The molecule has 2 atom stereocenters. The van der Waals surface area contributed by atoms with E-state index in [9.17, 15) is 14.4 Å². The van der Waals surface area contributed by atoms with E-state index in [1.807, 2.05) is 48.5 Å². The van der Waals surface area contributed by atoms with Crippen LogP contribution in [0.2, 0.25) is 0 Å². The van der Waals surface area contributed by atoms with E-state index in [1.54, 1.807) is 16.7 Å². The number of hydrogen-bond acceptors (Lipinski definition) is 4. The van der Waals surface area contributed by atoms with E-state index in [0.717, 1.165) is 52.3 Å². The van der Waals surface area contributed by atoms with Gasteiger partial charge in [0.1, 0.15) is 12.1 Å². The number of carbonyl (C=O) groups excluding carboxylic acids is 3. The van der Waals surface area contributed by atoms with Crippen LogP contribution in [0.5, 0.6) is 0 Å². The van der Waals surface area contributed by atoms with E-state index in [-0.39, 0.29) is 18.4 Å². The van der Waals surface area contributed by atoms with Crippen molar-refractivity contribution in [3.63, 3.8) is 0 Å². The highest BCUT2D eigenvalue weighted by Gasteiger charge is 2.53. The quantitative estimate of drug-likeness (QED) is 0.702. The molecule has 2 aliphatic heterocycles. The van der Waals surface area contributed by atoms with Gasteiger partial charge in [0.15, 0.2) is 0 Å². The standard InChI is InChI=1S/C25H27N3O3S/c1-17-13-15-27(20-11-4-5-12-21(20)32-17)22(29)16-28-23(30)25(26-24(28)31)14-7-6-9-18-8-2-3-10-19(18)25/h2-5,8,10-12,17H,6-7,9,13-16H2,1H3,(H,26,31)/t17-,25-/m1/s1. The molecule has 2 aromatic carbocycles. The van der Waals surface area contributed by atoms with Crippen LogP contribution in [-0.4, -0.2) is 41.1 Å². The average molecular weight is 450 g/mol. The number of nitrogens with zero attached hydrogens (tertiary/aromatic N) is 2. The second-order valence-corrected chi connectivity index (χ2v) is 10.3. The number of anilines is 1. The number of amides is 4. The number of nitrogens with one attached hydrogen (secondary N) is 1. The summed E-state index contributed by atoms with van der Waals surface area (Å²) in [5, 5.41) is 3.36. The molecule has 1 saturated heterocycles. The third-order valence-corrected chi connectivity index (χ3v) is 7.98. The third-order valence-electron chi connectivity index (χ3n) is 6.74. The largest absolute Gasteiger partial charge is 0.325 e. The lowest BCUT2D eigenvalue weighted by Crippen LogP contribution is -2.46. The van der Waals surface area contributed by atoms with Gasteiger partial charge >= 0.3 is 6.03 Å². The Morgan fingerprint density at radius 2 is 1.91 bits per heavy atom. The first kappa shape index (κ1) is 21.1. The zero-order valence-corrected chi connectivity index (χ0v) is 19.0. The van der Waals surface area contributed by atoms with Crippen molar-refractivity contribution in [2.45, 2.75) is 54.7 Å². The third kappa shape index (κ3) is 3.48. The molecule has 1 fully saturated rings. The Labute approximate surface area is 192 Å². The van der Waals surface area contributed by atoms with E-state index in [2.05, 4.69) is 12.2 Å². The van der Waals surface area contributed by atoms with Gasteiger partial charge in [0.05, 0.1) is 5.69 Å². The molecule has 0 bridgehead atoms. The maximum atomic E-state index is 13.7. The molecule has 3 aliphatic rings. The van der Waals surface area contributed by atoms with Crippen LogP contribution >= 0.6 is 11.8 Å². The fourth-order valence-corrected chi connectivity index (χ4v) is 6.20. The Balaban J connectivity index is 1.43. The molecule has 2 heterocycles. The molecule has 2 aromatic rings. The van der Waals surface area contributed by atoms with Gasteiger partial charge in [0.25, 0.3) is 5.91 Å². The van der Waals surface area contributed by atoms with Crippen LogP contribution in [0.1, 0.15) is 43.7 Å². The summed E-state index contributed by atoms with van der Waals surface area (Å²) in [5.74, 6) is -0.536. The lowest BCUT2D eigenvalue weighted by molar-refractivity contribution is -0.134. The number of thioether (sulfide) groups is 1. The summed E-state index contributed by atoms with van der Waals surface area (Å²) in [6.07, 6.45) is 4.11. The molecule has 0 radical (unpaired) electrons. The highest BCUT2D eigenvalue weighted by atomic mass is 32.2. The molecule has 1 N–H and O–H groups in total. The van der Waals surface area contributed by atoms with Crippen LogP contribution in [0.25, 0.3) is 0 Å². The van der Waals surface area contributed by atoms with Gasteiger partial charge in [-0.15, -0.1) is 11.8 Å². The summed E-state index contributed by atoms with van der Waals surface area (Å²) in [7, 11) is 0.